The maximum atomic E-state index is 13.4. The summed E-state index contributed by atoms with van der Waals surface area (Å²) in [5, 5.41) is 11.5. The predicted octanol–water partition coefficient (Wildman–Crippen LogP) is 2.47. The first kappa shape index (κ1) is 20.2. The van der Waals surface area contributed by atoms with Gasteiger partial charge in [-0.15, -0.1) is 0 Å². The zero-order chi connectivity index (χ0) is 21.1. The Hall–Kier alpha value is -3.04. The van der Waals surface area contributed by atoms with Crippen molar-refractivity contribution in [2.45, 2.75) is 25.0 Å². The minimum Gasteiger partial charge on any atom is -0.383 e. The van der Waals surface area contributed by atoms with Crippen LogP contribution in [0.4, 0.5) is 10.1 Å². The third kappa shape index (κ3) is 4.42. The van der Waals surface area contributed by atoms with Crippen molar-refractivity contribution >= 4 is 11.6 Å². The lowest BCUT2D eigenvalue weighted by Crippen LogP contribution is -2.33. The predicted molar refractivity (Wildman–Crippen MR) is 110 cm³/mol. The van der Waals surface area contributed by atoms with Crippen LogP contribution >= 0.6 is 0 Å². The summed E-state index contributed by atoms with van der Waals surface area (Å²) >= 11 is 0. The molecule has 30 heavy (non-hydrogen) atoms. The summed E-state index contributed by atoms with van der Waals surface area (Å²) in [6.07, 6.45) is 6.13. The molecule has 1 saturated heterocycles. The molecule has 0 saturated carbocycles. The third-order valence-corrected chi connectivity index (χ3v) is 5.47. The van der Waals surface area contributed by atoms with Crippen molar-refractivity contribution in [3.8, 4) is 0 Å². The number of hydrogen-bond acceptors (Lipinski definition) is 5. The van der Waals surface area contributed by atoms with Gasteiger partial charge in [-0.2, -0.15) is 10.2 Å². The van der Waals surface area contributed by atoms with E-state index in [2.05, 4.69) is 20.4 Å². The fraction of sp³-hybridized carbons (Fsp3) is 0.381. The number of methoxy groups -OCH3 is 1. The van der Waals surface area contributed by atoms with E-state index in [0.717, 1.165) is 25.2 Å². The summed E-state index contributed by atoms with van der Waals surface area (Å²) in [6, 6.07) is 8.06. The van der Waals surface area contributed by atoms with Crippen LogP contribution in [0.25, 0.3) is 0 Å². The quantitative estimate of drug-likeness (QED) is 0.645. The summed E-state index contributed by atoms with van der Waals surface area (Å²) in [4.78, 5) is 14.7. The van der Waals surface area contributed by atoms with Gasteiger partial charge in [0.2, 0.25) is 0 Å². The maximum absolute atomic E-state index is 13.4. The standard InChI is InChI=1S/C21H25FN6O2/c1-26-18(6-7-23-26)12-27-13-19(9-20(27)14-30-2)28-11-17(10-24-28)25-21(29)15-4-3-5-16(22)8-15/h3-8,10-11,19-20H,9,12-14H2,1-2H3,(H,25,29)/t19-,20-/m0/s1. The number of amides is 1. The Morgan fingerprint density at radius 3 is 2.93 bits per heavy atom. The van der Waals surface area contributed by atoms with E-state index in [1.165, 1.54) is 18.2 Å². The second kappa shape index (κ2) is 8.76. The summed E-state index contributed by atoms with van der Waals surface area (Å²) in [6.45, 7) is 2.24. The topological polar surface area (TPSA) is 77.2 Å². The Labute approximate surface area is 174 Å². The molecule has 0 radical (unpaired) electrons. The summed E-state index contributed by atoms with van der Waals surface area (Å²) in [7, 11) is 3.65. The van der Waals surface area contributed by atoms with Crippen LogP contribution in [0.3, 0.4) is 0 Å². The van der Waals surface area contributed by atoms with Gasteiger partial charge in [0.25, 0.3) is 5.91 Å². The highest BCUT2D eigenvalue weighted by Gasteiger charge is 2.34. The van der Waals surface area contributed by atoms with Gasteiger partial charge in [-0.1, -0.05) is 6.07 Å². The second-order valence-corrected chi connectivity index (χ2v) is 7.55. The second-order valence-electron chi connectivity index (χ2n) is 7.55. The lowest BCUT2D eigenvalue weighted by Gasteiger charge is -2.23. The van der Waals surface area contributed by atoms with E-state index in [1.54, 1.807) is 25.6 Å². The minimum absolute atomic E-state index is 0.165. The first-order valence-electron chi connectivity index (χ1n) is 9.84. The van der Waals surface area contributed by atoms with Crippen LogP contribution in [-0.2, 0) is 18.3 Å². The number of likely N-dealkylation sites (tertiary alicyclic amines) is 1. The molecule has 1 N–H and O–H groups in total. The number of ether oxygens (including phenoxy) is 1. The van der Waals surface area contributed by atoms with E-state index in [-0.39, 0.29) is 23.6 Å². The number of aromatic nitrogens is 4. The number of carbonyl (C=O) groups excluding carboxylic acids is 1. The SMILES string of the molecule is COC[C@@H]1C[C@H](n2cc(NC(=O)c3cccc(F)c3)cn2)CN1Cc1ccnn1C. The maximum Gasteiger partial charge on any atom is 0.255 e. The summed E-state index contributed by atoms with van der Waals surface area (Å²) in [5.41, 5.74) is 1.99. The van der Waals surface area contributed by atoms with E-state index in [9.17, 15) is 9.18 Å². The van der Waals surface area contributed by atoms with Gasteiger partial charge < -0.3 is 10.1 Å². The molecule has 9 heteroatoms. The van der Waals surface area contributed by atoms with Crippen LogP contribution in [0.5, 0.6) is 0 Å². The molecule has 0 bridgehead atoms. The largest absolute Gasteiger partial charge is 0.383 e. The number of nitrogens with zero attached hydrogens (tertiary/aromatic N) is 5. The van der Waals surface area contributed by atoms with Crippen molar-refractivity contribution in [2.75, 3.05) is 25.6 Å². The monoisotopic (exact) mass is 412 g/mol. The summed E-state index contributed by atoms with van der Waals surface area (Å²) < 4.78 is 22.5. The van der Waals surface area contributed by atoms with Crippen LogP contribution in [-0.4, -0.2) is 56.7 Å². The highest BCUT2D eigenvalue weighted by atomic mass is 19.1. The number of carbonyl (C=O) groups is 1. The van der Waals surface area contributed by atoms with Crippen molar-refractivity contribution in [3.63, 3.8) is 0 Å². The van der Waals surface area contributed by atoms with Gasteiger partial charge in [0.15, 0.2) is 0 Å². The Morgan fingerprint density at radius 1 is 1.33 bits per heavy atom. The molecule has 1 fully saturated rings. The van der Waals surface area contributed by atoms with Gasteiger partial charge in [-0.05, 0) is 30.7 Å². The van der Waals surface area contributed by atoms with Crippen LogP contribution in [0, 0.1) is 5.82 Å². The van der Waals surface area contributed by atoms with Crippen LogP contribution in [0.2, 0.25) is 0 Å². The smallest absolute Gasteiger partial charge is 0.255 e. The molecule has 8 nitrogen and oxygen atoms in total. The molecule has 4 rings (SSSR count). The average molecular weight is 412 g/mol. The molecule has 0 spiro atoms. The fourth-order valence-electron chi connectivity index (χ4n) is 3.91. The number of aryl methyl sites for hydroxylation is 1. The zero-order valence-electron chi connectivity index (χ0n) is 17.0. The molecule has 0 aliphatic carbocycles. The minimum atomic E-state index is -0.443. The Bertz CT molecular complexity index is 1020. The third-order valence-electron chi connectivity index (χ3n) is 5.47. The highest BCUT2D eigenvalue weighted by molar-refractivity contribution is 6.04. The van der Waals surface area contributed by atoms with Gasteiger partial charge in [-0.3, -0.25) is 19.1 Å². The van der Waals surface area contributed by atoms with Crippen LogP contribution in [0.1, 0.15) is 28.5 Å². The number of anilines is 1. The molecule has 3 aromatic rings. The molecular formula is C21H25FN6O2. The normalized spacial score (nSPS) is 19.3. The molecule has 0 unspecified atom stereocenters. The fourth-order valence-corrected chi connectivity index (χ4v) is 3.91. The van der Waals surface area contributed by atoms with Crippen molar-refractivity contribution in [1.29, 1.82) is 0 Å². The number of nitrogens with one attached hydrogen (secondary N) is 1. The Morgan fingerprint density at radius 2 is 2.20 bits per heavy atom. The van der Waals surface area contributed by atoms with E-state index >= 15 is 0 Å². The Balaban J connectivity index is 1.43. The number of rotatable bonds is 7. The molecule has 2 aromatic heterocycles. The summed E-state index contributed by atoms with van der Waals surface area (Å²) in [5.74, 6) is -0.808. The van der Waals surface area contributed by atoms with Gasteiger partial charge in [-0.25, -0.2) is 4.39 Å². The van der Waals surface area contributed by atoms with Crippen LogP contribution in [0.15, 0.2) is 48.9 Å². The van der Waals surface area contributed by atoms with Gasteiger partial charge in [0.1, 0.15) is 5.82 Å². The lowest BCUT2D eigenvalue weighted by atomic mass is 10.2. The van der Waals surface area contributed by atoms with Crippen molar-refractivity contribution in [2.24, 2.45) is 7.05 Å². The molecule has 2 atom stereocenters. The average Bonchev–Trinajstić information content (AvgIpc) is 3.44. The highest BCUT2D eigenvalue weighted by Crippen LogP contribution is 2.29. The number of benzene rings is 1. The van der Waals surface area contributed by atoms with Crippen molar-refractivity contribution < 1.29 is 13.9 Å². The lowest BCUT2D eigenvalue weighted by molar-refractivity contribution is 0.102. The molecule has 3 heterocycles. The van der Waals surface area contributed by atoms with Crippen LogP contribution < -0.4 is 5.32 Å². The first-order chi connectivity index (χ1) is 14.5. The molecule has 1 aliphatic rings. The van der Waals surface area contributed by atoms with E-state index in [4.69, 9.17) is 4.74 Å². The van der Waals surface area contributed by atoms with E-state index in [0.29, 0.717) is 12.3 Å². The van der Waals surface area contributed by atoms with Crippen molar-refractivity contribution in [3.05, 3.63) is 66.0 Å². The number of halogens is 1. The van der Waals surface area contributed by atoms with Gasteiger partial charge in [0.05, 0.1) is 30.2 Å². The Kier molecular flexibility index (Phi) is 5.91. The van der Waals surface area contributed by atoms with E-state index in [1.807, 2.05) is 28.7 Å². The number of hydrogen-bond donors (Lipinski definition) is 1. The molecule has 1 aliphatic heterocycles. The molecule has 1 amide bonds. The van der Waals surface area contributed by atoms with Crippen molar-refractivity contribution in [1.82, 2.24) is 24.5 Å². The molecule has 158 valence electrons. The van der Waals surface area contributed by atoms with E-state index < -0.39 is 5.82 Å². The van der Waals surface area contributed by atoms with Gasteiger partial charge in [0, 0.05) is 51.2 Å². The molecule has 1 aromatic carbocycles. The zero-order valence-corrected chi connectivity index (χ0v) is 17.0. The first-order valence-corrected chi connectivity index (χ1v) is 9.84. The molecular weight excluding hydrogens is 387 g/mol. The van der Waals surface area contributed by atoms with Gasteiger partial charge >= 0.3 is 0 Å².